The van der Waals surface area contributed by atoms with Crippen molar-refractivity contribution in [2.75, 3.05) is 45.3 Å². The van der Waals surface area contributed by atoms with Crippen molar-refractivity contribution in [3.8, 4) is 5.75 Å². The van der Waals surface area contributed by atoms with E-state index in [2.05, 4.69) is 16.0 Å². The van der Waals surface area contributed by atoms with Crippen LogP contribution in [0.5, 0.6) is 5.75 Å². The highest BCUT2D eigenvalue weighted by Crippen LogP contribution is 2.29. The molecule has 0 atom stereocenters. The number of halogens is 1. The molecule has 3 N–H and O–H groups in total. The minimum Gasteiger partial charge on any atom is -0.492 e. The molecule has 1 aliphatic rings. The van der Waals surface area contributed by atoms with Crippen LogP contribution in [-0.2, 0) is 14.3 Å². The number of benzene rings is 1. The second-order valence-electron chi connectivity index (χ2n) is 6.28. The molecule has 8 heteroatoms. The average Bonchev–Trinajstić information content (AvgIpc) is 2.59. The van der Waals surface area contributed by atoms with Gasteiger partial charge in [-0.05, 0) is 38.1 Å². The van der Waals surface area contributed by atoms with Crippen molar-refractivity contribution in [3.05, 3.63) is 24.3 Å². The van der Waals surface area contributed by atoms with Gasteiger partial charge in [-0.3, -0.25) is 9.59 Å². The lowest BCUT2D eigenvalue weighted by Crippen LogP contribution is -2.50. The van der Waals surface area contributed by atoms with E-state index in [0.29, 0.717) is 31.2 Å². The van der Waals surface area contributed by atoms with E-state index in [1.165, 1.54) is 6.92 Å². The highest BCUT2D eigenvalue weighted by molar-refractivity contribution is 5.88. The first-order valence-electron chi connectivity index (χ1n) is 8.54. The minimum absolute atomic E-state index is 0. The predicted octanol–water partition coefficient (Wildman–Crippen LogP) is 1.58. The van der Waals surface area contributed by atoms with Crippen molar-refractivity contribution < 1.29 is 19.1 Å². The quantitative estimate of drug-likeness (QED) is 0.591. The van der Waals surface area contributed by atoms with Gasteiger partial charge in [0.25, 0.3) is 0 Å². The maximum Gasteiger partial charge on any atom is 0.228 e. The molecule has 0 saturated carbocycles. The molecule has 1 aliphatic heterocycles. The molecule has 1 aromatic carbocycles. The van der Waals surface area contributed by atoms with Crippen molar-refractivity contribution in [1.82, 2.24) is 10.6 Å². The van der Waals surface area contributed by atoms with Gasteiger partial charge in [-0.1, -0.05) is 6.07 Å². The maximum absolute atomic E-state index is 12.6. The summed E-state index contributed by atoms with van der Waals surface area (Å²) in [6.07, 6.45) is 1.54. The molecule has 0 unspecified atom stereocenters. The van der Waals surface area contributed by atoms with Gasteiger partial charge in [0.15, 0.2) is 0 Å². The second kappa shape index (κ2) is 11.0. The number of hydrogen-bond acceptors (Lipinski definition) is 5. The van der Waals surface area contributed by atoms with E-state index in [1.54, 1.807) is 19.2 Å². The van der Waals surface area contributed by atoms with E-state index in [4.69, 9.17) is 9.47 Å². The maximum atomic E-state index is 12.6. The summed E-state index contributed by atoms with van der Waals surface area (Å²) in [6.45, 7) is 4.31. The van der Waals surface area contributed by atoms with E-state index in [1.807, 2.05) is 12.1 Å². The number of carbonyl (C=O) groups excluding carboxylic acids is 2. The van der Waals surface area contributed by atoms with E-state index in [9.17, 15) is 9.59 Å². The molecule has 0 spiro atoms. The Morgan fingerprint density at radius 2 is 2.00 bits per heavy atom. The number of ether oxygens (including phenoxy) is 2. The molecule has 1 fully saturated rings. The van der Waals surface area contributed by atoms with Gasteiger partial charge < -0.3 is 25.4 Å². The standard InChI is InChI=1S/C18H27N3O4.ClH/c1-14(22)21-15-4-3-5-16(12-15)25-11-10-20-17(23)18(13-24-2)6-8-19-9-7-18;/h3-5,12,19H,6-11,13H2,1-2H3,(H,20,23)(H,21,22);1H. The molecule has 1 aromatic rings. The molecule has 2 rings (SSSR count). The van der Waals surface area contributed by atoms with E-state index in [-0.39, 0.29) is 24.2 Å². The lowest BCUT2D eigenvalue weighted by Gasteiger charge is -2.35. The van der Waals surface area contributed by atoms with Crippen LogP contribution in [0.4, 0.5) is 5.69 Å². The zero-order chi connectivity index (χ0) is 18.1. The molecular weight excluding hydrogens is 358 g/mol. The molecule has 146 valence electrons. The summed E-state index contributed by atoms with van der Waals surface area (Å²) in [5.74, 6) is 0.537. The first kappa shape index (κ1) is 22.2. The van der Waals surface area contributed by atoms with Crippen molar-refractivity contribution in [1.29, 1.82) is 0 Å². The monoisotopic (exact) mass is 385 g/mol. The number of anilines is 1. The molecule has 0 aromatic heterocycles. The average molecular weight is 386 g/mol. The summed E-state index contributed by atoms with van der Waals surface area (Å²) in [5.41, 5.74) is 0.230. The topological polar surface area (TPSA) is 88.7 Å². The summed E-state index contributed by atoms with van der Waals surface area (Å²) in [7, 11) is 1.63. The SMILES string of the molecule is COCC1(C(=O)NCCOc2cccc(NC(C)=O)c2)CCNCC1.Cl. The number of piperidine rings is 1. The number of nitrogens with one attached hydrogen (secondary N) is 3. The molecule has 0 aliphatic carbocycles. The van der Waals surface area contributed by atoms with Crippen LogP contribution >= 0.6 is 12.4 Å². The fourth-order valence-corrected chi connectivity index (χ4v) is 3.01. The molecule has 0 bridgehead atoms. The Morgan fingerprint density at radius 3 is 2.65 bits per heavy atom. The Hall–Kier alpha value is -1.83. The van der Waals surface area contributed by atoms with Crippen LogP contribution in [0.25, 0.3) is 0 Å². The Bertz CT molecular complexity index is 586. The van der Waals surface area contributed by atoms with Gasteiger partial charge in [0, 0.05) is 25.8 Å². The van der Waals surface area contributed by atoms with Gasteiger partial charge in [-0.25, -0.2) is 0 Å². The minimum atomic E-state index is -0.453. The van der Waals surface area contributed by atoms with Gasteiger partial charge in [0.1, 0.15) is 12.4 Å². The number of rotatable bonds is 8. The molecule has 0 radical (unpaired) electrons. The molecule has 26 heavy (non-hydrogen) atoms. The van der Waals surface area contributed by atoms with Crippen molar-refractivity contribution in [2.24, 2.45) is 5.41 Å². The number of amides is 2. The van der Waals surface area contributed by atoms with Gasteiger partial charge >= 0.3 is 0 Å². The van der Waals surface area contributed by atoms with Crippen LogP contribution in [0.3, 0.4) is 0 Å². The Kier molecular flexibility index (Phi) is 9.40. The summed E-state index contributed by atoms with van der Waals surface area (Å²) >= 11 is 0. The summed E-state index contributed by atoms with van der Waals surface area (Å²) in [5, 5.41) is 8.93. The molecular formula is C18H28ClN3O4. The Balaban J connectivity index is 0.00000338. The van der Waals surface area contributed by atoms with Crippen LogP contribution in [0, 0.1) is 5.41 Å². The van der Waals surface area contributed by atoms with Crippen LogP contribution < -0.4 is 20.7 Å². The number of methoxy groups -OCH3 is 1. The number of hydrogen-bond donors (Lipinski definition) is 3. The highest BCUT2D eigenvalue weighted by atomic mass is 35.5. The second-order valence-corrected chi connectivity index (χ2v) is 6.28. The van der Waals surface area contributed by atoms with Gasteiger partial charge in [-0.15, -0.1) is 12.4 Å². The molecule has 1 heterocycles. The van der Waals surface area contributed by atoms with Gasteiger partial charge in [0.2, 0.25) is 11.8 Å². The molecule has 7 nitrogen and oxygen atoms in total. The van der Waals surface area contributed by atoms with E-state index in [0.717, 1.165) is 25.9 Å². The zero-order valence-corrected chi connectivity index (χ0v) is 16.1. The summed E-state index contributed by atoms with van der Waals surface area (Å²) in [6, 6.07) is 7.16. The van der Waals surface area contributed by atoms with Gasteiger partial charge in [-0.2, -0.15) is 0 Å². The van der Waals surface area contributed by atoms with Crippen LogP contribution in [0.15, 0.2) is 24.3 Å². The van der Waals surface area contributed by atoms with Crippen molar-refractivity contribution in [3.63, 3.8) is 0 Å². The zero-order valence-electron chi connectivity index (χ0n) is 15.3. The van der Waals surface area contributed by atoms with Crippen LogP contribution in [0.1, 0.15) is 19.8 Å². The first-order valence-corrected chi connectivity index (χ1v) is 8.54. The van der Waals surface area contributed by atoms with Crippen LogP contribution in [0.2, 0.25) is 0 Å². The van der Waals surface area contributed by atoms with E-state index < -0.39 is 5.41 Å². The van der Waals surface area contributed by atoms with E-state index >= 15 is 0 Å². The lowest BCUT2D eigenvalue weighted by atomic mass is 9.78. The fraction of sp³-hybridized carbons (Fsp3) is 0.556. The molecule has 1 saturated heterocycles. The third kappa shape index (κ3) is 6.48. The van der Waals surface area contributed by atoms with Gasteiger partial charge in [0.05, 0.1) is 18.6 Å². The smallest absolute Gasteiger partial charge is 0.228 e. The third-order valence-electron chi connectivity index (χ3n) is 4.27. The first-order chi connectivity index (χ1) is 12.1. The Labute approximate surface area is 160 Å². The summed E-state index contributed by atoms with van der Waals surface area (Å²) < 4.78 is 10.9. The lowest BCUT2D eigenvalue weighted by molar-refractivity contribution is -0.136. The van der Waals surface area contributed by atoms with Crippen LogP contribution in [-0.4, -0.2) is 51.8 Å². The number of carbonyl (C=O) groups is 2. The Morgan fingerprint density at radius 1 is 1.27 bits per heavy atom. The third-order valence-corrected chi connectivity index (χ3v) is 4.27. The predicted molar refractivity (Wildman–Crippen MR) is 103 cm³/mol. The highest BCUT2D eigenvalue weighted by Gasteiger charge is 2.39. The largest absolute Gasteiger partial charge is 0.492 e. The molecule has 2 amide bonds. The normalized spacial score (nSPS) is 15.5. The fourth-order valence-electron chi connectivity index (χ4n) is 3.01. The van der Waals surface area contributed by atoms with Crippen molar-refractivity contribution >= 4 is 29.9 Å². The summed E-state index contributed by atoms with van der Waals surface area (Å²) in [4.78, 5) is 23.7. The van der Waals surface area contributed by atoms with Crippen molar-refractivity contribution in [2.45, 2.75) is 19.8 Å².